The van der Waals surface area contributed by atoms with Crippen molar-refractivity contribution in [3.05, 3.63) is 59.3 Å². The minimum atomic E-state index is 0. The first-order valence-corrected chi connectivity index (χ1v) is 9.96. The Morgan fingerprint density at radius 1 is 1.13 bits per heavy atom. The van der Waals surface area contributed by atoms with Crippen LogP contribution in [0.5, 0.6) is 11.5 Å². The van der Waals surface area contributed by atoms with Crippen molar-refractivity contribution in [2.24, 2.45) is 4.99 Å². The Morgan fingerprint density at radius 3 is 2.70 bits per heavy atom. The van der Waals surface area contributed by atoms with Crippen molar-refractivity contribution in [2.75, 3.05) is 27.3 Å². The Morgan fingerprint density at radius 2 is 1.97 bits per heavy atom. The Balaban J connectivity index is 0.00000320. The highest BCUT2D eigenvalue weighted by Crippen LogP contribution is 2.28. The molecule has 0 saturated carbocycles. The number of fused-ring (bicyclic) bond motifs is 1. The first-order chi connectivity index (χ1) is 14.2. The molecule has 3 N–H and O–H groups in total. The van der Waals surface area contributed by atoms with Crippen LogP contribution >= 0.6 is 24.0 Å². The predicted molar refractivity (Wildman–Crippen MR) is 135 cm³/mol. The number of hydrogen-bond acceptors (Lipinski definition) is 3. The summed E-state index contributed by atoms with van der Waals surface area (Å²) in [7, 11) is 3.43. The highest BCUT2D eigenvalue weighted by atomic mass is 127. The van der Waals surface area contributed by atoms with Gasteiger partial charge in [-0.1, -0.05) is 24.3 Å². The summed E-state index contributed by atoms with van der Waals surface area (Å²) in [6.07, 6.45) is 3.02. The van der Waals surface area contributed by atoms with Crippen molar-refractivity contribution >= 4 is 40.8 Å². The molecule has 30 heavy (non-hydrogen) atoms. The molecule has 0 amide bonds. The number of aryl methyl sites for hydroxylation is 1. The fraction of sp³-hybridized carbons (Fsp3) is 0.348. The molecule has 3 aromatic rings. The summed E-state index contributed by atoms with van der Waals surface area (Å²) in [6, 6.07) is 12.3. The molecule has 6 nitrogen and oxygen atoms in total. The van der Waals surface area contributed by atoms with Crippen LogP contribution in [0.4, 0.5) is 0 Å². The van der Waals surface area contributed by atoms with Gasteiger partial charge in [0.2, 0.25) is 0 Å². The average molecular weight is 522 g/mol. The van der Waals surface area contributed by atoms with E-state index in [-0.39, 0.29) is 24.0 Å². The molecule has 0 saturated heterocycles. The van der Waals surface area contributed by atoms with E-state index in [0.717, 1.165) is 36.0 Å². The second kappa shape index (κ2) is 11.7. The van der Waals surface area contributed by atoms with Gasteiger partial charge in [0, 0.05) is 37.2 Å². The van der Waals surface area contributed by atoms with Crippen LogP contribution < -0.4 is 20.1 Å². The van der Waals surface area contributed by atoms with Crippen molar-refractivity contribution in [3.63, 3.8) is 0 Å². The van der Waals surface area contributed by atoms with Crippen LogP contribution in [0.3, 0.4) is 0 Å². The number of aliphatic imine (C=N–C) groups is 1. The molecule has 1 aromatic heterocycles. The molecule has 3 rings (SSSR count). The van der Waals surface area contributed by atoms with E-state index in [1.165, 1.54) is 22.0 Å². The molecule has 7 heteroatoms. The van der Waals surface area contributed by atoms with Crippen LogP contribution in [0.15, 0.2) is 47.6 Å². The van der Waals surface area contributed by atoms with E-state index >= 15 is 0 Å². The van der Waals surface area contributed by atoms with Gasteiger partial charge < -0.3 is 25.1 Å². The molecule has 0 unspecified atom stereocenters. The van der Waals surface area contributed by atoms with Crippen molar-refractivity contribution < 1.29 is 9.47 Å². The number of nitrogens with one attached hydrogen (secondary N) is 3. The number of guanidine groups is 1. The molecule has 0 fully saturated rings. The van der Waals surface area contributed by atoms with E-state index in [4.69, 9.17) is 9.47 Å². The Labute approximate surface area is 195 Å². The molecule has 0 radical (unpaired) electrons. The zero-order chi connectivity index (χ0) is 20.6. The lowest BCUT2D eigenvalue weighted by molar-refractivity contribution is 0.310. The van der Waals surface area contributed by atoms with Gasteiger partial charge in [-0.25, -0.2) is 0 Å². The van der Waals surface area contributed by atoms with Gasteiger partial charge in [0.15, 0.2) is 17.5 Å². The van der Waals surface area contributed by atoms with Gasteiger partial charge in [0.05, 0.1) is 13.7 Å². The van der Waals surface area contributed by atoms with Gasteiger partial charge >= 0.3 is 0 Å². The molecular weight excluding hydrogens is 491 g/mol. The number of benzene rings is 2. The highest BCUT2D eigenvalue weighted by Gasteiger charge is 2.07. The summed E-state index contributed by atoms with van der Waals surface area (Å²) in [6.45, 7) is 6.14. The number of hydrogen-bond donors (Lipinski definition) is 3. The maximum Gasteiger partial charge on any atom is 0.191 e. The molecule has 0 aliphatic carbocycles. The summed E-state index contributed by atoms with van der Waals surface area (Å²) in [5.74, 6) is 2.27. The maximum atomic E-state index is 5.65. The molecule has 0 spiro atoms. The lowest BCUT2D eigenvalue weighted by Gasteiger charge is -2.14. The third kappa shape index (κ3) is 5.81. The molecule has 0 atom stereocenters. The van der Waals surface area contributed by atoms with Crippen LogP contribution in [0, 0.1) is 6.92 Å². The fourth-order valence-electron chi connectivity index (χ4n) is 3.39. The van der Waals surface area contributed by atoms with Crippen molar-refractivity contribution in [1.82, 2.24) is 15.6 Å². The van der Waals surface area contributed by atoms with E-state index in [1.54, 1.807) is 14.2 Å². The van der Waals surface area contributed by atoms with E-state index in [0.29, 0.717) is 13.2 Å². The summed E-state index contributed by atoms with van der Waals surface area (Å²) >= 11 is 0. The predicted octanol–water partition coefficient (Wildman–Crippen LogP) is 4.41. The number of nitrogens with zero attached hydrogens (tertiary/aromatic N) is 1. The molecule has 2 aromatic carbocycles. The minimum Gasteiger partial charge on any atom is -0.493 e. The lowest BCUT2D eigenvalue weighted by atomic mass is 10.1. The van der Waals surface area contributed by atoms with Gasteiger partial charge in [-0.05, 0) is 49.1 Å². The largest absolute Gasteiger partial charge is 0.493 e. The van der Waals surface area contributed by atoms with Crippen LogP contribution in [0.2, 0.25) is 0 Å². The first kappa shape index (κ1) is 23.9. The first-order valence-electron chi connectivity index (χ1n) is 9.96. The molecule has 0 aliphatic rings. The van der Waals surface area contributed by atoms with E-state index in [9.17, 15) is 0 Å². The number of H-pyrrole nitrogens is 1. The van der Waals surface area contributed by atoms with Crippen molar-refractivity contribution in [1.29, 1.82) is 0 Å². The Bertz CT molecular complexity index is 984. The second-order valence-corrected chi connectivity index (χ2v) is 6.83. The fourth-order valence-corrected chi connectivity index (χ4v) is 3.39. The number of rotatable bonds is 8. The summed E-state index contributed by atoms with van der Waals surface area (Å²) in [5, 5.41) is 8.03. The van der Waals surface area contributed by atoms with Gasteiger partial charge in [0.25, 0.3) is 0 Å². The van der Waals surface area contributed by atoms with Crippen molar-refractivity contribution in [3.8, 4) is 11.5 Å². The third-order valence-electron chi connectivity index (χ3n) is 4.91. The van der Waals surface area contributed by atoms with Crippen LogP contribution in [-0.4, -0.2) is 38.3 Å². The number of ether oxygens (including phenoxy) is 2. The van der Waals surface area contributed by atoms with Crippen molar-refractivity contribution in [2.45, 2.75) is 26.8 Å². The monoisotopic (exact) mass is 522 g/mol. The SMILES string of the molecule is CCOc1cc(CNC(=NC)NCCc2c[nH]c3c(C)cccc23)ccc1OC.I. The molecule has 0 aliphatic heterocycles. The minimum absolute atomic E-state index is 0. The smallest absolute Gasteiger partial charge is 0.191 e. The second-order valence-electron chi connectivity index (χ2n) is 6.83. The number of aromatic nitrogens is 1. The Hall–Kier alpha value is -2.42. The van der Waals surface area contributed by atoms with Gasteiger partial charge in [-0.3, -0.25) is 4.99 Å². The van der Waals surface area contributed by atoms with E-state index in [2.05, 4.69) is 51.9 Å². The topological polar surface area (TPSA) is 70.7 Å². The number of aromatic amines is 1. The molecular formula is C23H31IN4O2. The molecule has 1 heterocycles. The normalized spacial score (nSPS) is 11.1. The number of methoxy groups -OCH3 is 1. The highest BCUT2D eigenvalue weighted by molar-refractivity contribution is 14.0. The van der Waals surface area contributed by atoms with Crippen LogP contribution in [-0.2, 0) is 13.0 Å². The molecule has 0 bridgehead atoms. The average Bonchev–Trinajstić information content (AvgIpc) is 3.15. The zero-order valence-corrected chi connectivity index (χ0v) is 20.4. The summed E-state index contributed by atoms with van der Waals surface area (Å²) < 4.78 is 11.0. The summed E-state index contributed by atoms with van der Waals surface area (Å²) in [5.41, 5.74) is 4.90. The number of halogens is 1. The number of para-hydroxylation sites is 1. The van der Waals surface area contributed by atoms with E-state index in [1.807, 2.05) is 25.1 Å². The quantitative estimate of drug-likeness (QED) is 0.233. The van der Waals surface area contributed by atoms with Crippen LogP contribution in [0.1, 0.15) is 23.6 Å². The standard InChI is InChI=1S/C23H30N4O2.HI/c1-5-29-21-13-17(9-10-20(21)28-4)14-27-23(24-3)25-12-11-18-15-26-22-16(2)7-6-8-19(18)22;/h6-10,13,15,26H,5,11-12,14H2,1-4H3,(H2,24,25,27);1H. The Kier molecular flexibility index (Phi) is 9.29. The molecule has 162 valence electrons. The van der Waals surface area contributed by atoms with Gasteiger partial charge in [-0.15, -0.1) is 24.0 Å². The third-order valence-corrected chi connectivity index (χ3v) is 4.91. The maximum absolute atomic E-state index is 5.65. The zero-order valence-electron chi connectivity index (χ0n) is 18.0. The lowest BCUT2D eigenvalue weighted by Crippen LogP contribution is -2.37. The van der Waals surface area contributed by atoms with Crippen LogP contribution in [0.25, 0.3) is 10.9 Å². The summed E-state index contributed by atoms with van der Waals surface area (Å²) in [4.78, 5) is 7.71. The van der Waals surface area contributed by atoms with E-state index < -0.39 is 0 Å². The van der Waals surface area contributed by atoms with Gasteiger partial charge in [0.1, 0.15) is 0 Å². The van der Waals surface area contributed by atoms with Gasteiger partial charge in [-0.2, -0.15) is 0 Å².